The van der Waals surface area contributed by atoms with Gasteiger partial charge >= 0.3 is 11.7 Å². The molecule has 2 aliphatic rings. The lowest BCUT2D eigenvalue weighted by Crippen LogP contribution is -2.43. The molecule has 4 aromatic carbocycles. The number of carbonyl (C=O) groups is 2. The van der Waals surface area contributed by atoms with Gasteiger partial charge in [0.2, 0.25) is 5.91 Å². The van der Waals surface area contributed by atoms with Crippen LogP contribution in [0.3, 0.4) is 0 Å². The van der Waals surface area contributed by atoms with E-state index in [1.807, 2.05) is 89.5 Å². The van der Waals surface area contributed by atoms with Crippen LogP contribution in [-0.2, 0) is 32.2 Å². The number of imidazole rings is 1. The molecule has 0 aliphatic carbocycles. The van der Waals surface area contributed by atoms with Crippen molar-refractivity contribution in [1.29, 1.82) is 0 Å². The Morgan fingerprint density at radius 3 is 2.30 bits per heavy atom. The van der Waals surface area contributed by atoms with Gasteiger partial charge in [-0.3, -0.25) is 14.2 Å². The van der Waals surface area contributed by atoms with Gasteiger partial charge in [-0.15, -0.1) is 0 Å². The highest BCUT2D eigenvalue weighted by atomic mass is 16.7. The highest BCUT2D eigenvalue weighted by Crippen LogP contribution is 2.39. The van der Waals surface area contributed by atoms with Crippen molar-refractivity contribution >= 4 is 22.9 Å². The third-order valence-corrected chi connectivity index (χ3v) is 10.7. The summed E-state index contributed by atoms with van der Waals surface area (Å²) < 4.78 is 15.2. The normalized spacial score (nSPS) is 19.5. The van der Waals surface area contributed by atoms with Gasteiger partial charge in [0, 0.05) is 57.0 Å². The van der Waals surface area contributed by atoms with E-state index in [0.29, 0.717) is 32.2 Å². The van der Waals surface area contributed by atoms with Crippen LogP contribution in [0.1, 0.15) is 85.6 Å². The van der Waals surface area contributed by atoms with Gasteiger partial charge in [0.25, 0.3) is 0 Å². The molecule has 3 heterocycles. The molecule has 1 aromatic heterocycles. The number of nitrogens with zero attached hydrogens (tertiary/aromatic N) is 2. The molecule has 2 fully saturated rings. The highest BCUT2D eigenvalue weighted by molar-refractivity contribution is 5.77. The summed E-state index contributed by atoms with van der Waals surface area (Å²) in [5, 5.41) is 21.4. The van der Waals surface area contributed by atoms with E-state index in [2.05, 4.69) is 27.3 Å². The molecule has 1 amide bonds. The molecule has 5 aromatic rings. The molecule has 11 heteroatoms. The van der Waals surface area contributed by atoms with E-state index < -0.39 is 12.3 Å². The number of carboxylic acid groups (broad SMARTS) is 1. The number of carboxylic acids is 1. The lowest BCUT2D eigenvalue weighted by molar-refractivity contribution is -0.253. The van der Waals surface area contributed by atoms with Crippen LogP contribution >= 0.6 is 0 Å². The van der Waals surface area contributed by atoms with Crippen molar-refractivity contribution < 1.29 is 29.3 Å². The standard InChI is InChI=1S/C43H48N4O7/c48-28-29-13-15-31(16-14-29)39-25-35(27-46-23-21-34(22-24-46)47-38-10-4-3-9-37(38)45-43(47)52)53-42(54-39)32-19-17-30(18-20-32)36-8-2-1-7-33(36)26-44-40(49)11-5-6-12-41(50)51/h1-4,7-10,13-20,34-35,39,42,48H,5-6,11-12,21-28H2,(H,44,49)(H,45,52)(H,50,51). The maximum atomic E-state index is 12.9. The first-order valence-electron chi connectivity index (χ1n) is 18.9. The number of nitrogens with one attached hydrogen (secondary N) is 2. The average Bonchev–Trinajstić information content (AvgIpc) is 3.54. The first-order valence-corrected chi connectivity index (χ1v) is 18.9. The number of amides is 1. The molecule has 0 bridgehead atoms. The minimum atomic E-state index is -0.848. The fourth-order valence-corrected chi connectivity index (χ4v) is 7.74. The second-order valence-corrected chi connectivity index (χ2v) is 14.4. The number of rotatable bonds is 14. The Labute approximate surface area is 314 Å². The number of para-hydroxylation sites is 2. The fraction of sp³-hybridized carbons (Fsp3) is 0.372. The summed E-state index contributed by atoms with van der Waals surface area (Å²) in [7, 11) is 0. The first kappa shape index (κ1) is 37.3. The first-order chi connectivity index (χ1) is 26.3. The number of aliphatic hydroxyl groups is 1. The number of aliphatic hydroxyl groups excluding tert-OH is 1. The molecular weight excluding hydrogens is 684 g/mol. The summed E-state index contributed by atoms with van der Waals surface area (Å²) in [5.41, 5.74) is 7.57. The number of fused-ring (bicyclic) bond motifs is 1. The predicted octanol–water partition coefficient (Wildman–Crippen LogP) is 6.63. The summed E-state index contributed by atoms with van der Waals surface area (Å²) in [6.45, 7) is 2.82. The highest BCUT2D eigenvalue weighted by Gasteiger charge is 2.34. The molecule has 54 heavy (non-hydrogen) atoms. The summed E-state index contributed by atoms with van der Waals surface area (Å²) in [4.78, 5) is 41.5. The van der Waals surface area contributed by atoms with Crippen LogP contribution < -0.4 is 11.0 Å². The molecule has 2 aliphatic heterocycles. The number of unbranched alkanes of at least 4 members (excludes halogenated alkanes) is 1. The number of hydrogen-bond acceptors (Lipinski definition) is 7. The number of ether oxygens (including phenoxy) is 2. The molecule has 0 saturated carbocycles. The summed E-state index contributed by atoms with van der Waals surface area (Å²) in [5.74, 6) is -0.944. The second kappa shape index (κ2) is 17.4. The van der Waals surface area contributed by atoms with E-state index in [-0.39, 0.29) is 42.9 Å². The second-order valence-electron chi connectivity index (χ2n) is 14.4. The maximum absolute atomic E-state index is 12.9. The average molecular weight is 733 g/mol. The number of hydrogen-bond donors (Lipinski definition) is 4. The summed E-state index contributed by atoms with van der Waals surface area (Å²) in [6, 6.07) is 32.1. The molecule has 11 nitrogen and oxygen atoms in total. The minimum Gasteiger partial charge on any atom is -0.481 e. The zero-order valence-corrected chi connectivity index (χ0v) is 30.4. The fourth-order valence-electron chi connectivity index (χ4n) is 7.74. The minimum absolute atomic E-state index is 0.0166. The van der Waals surface area contributed by atoms with Gasteiger partial charge in [-0.1, -0.05) is 84.9 Å². The van der Waals surface area contributed by atoms with E-state index in [1.165, 1.54) is 0 Å². The molecule has 2 saturated heterocycles. The lowest BCUT2D eigenvalue weighted by Gasteiger charge is -2.40. The van der Waals surface area contributed by atoms with Crippen molar-refractivity contribution in [2.24, 2.45) is 0 Å². The third-order valence-electron chi connectivity index (χ3n) is 10.7. The summed E-state index contributed by atoms with van der Waals surface area (Å²) in [6.07, 6.45) is 2.94. The number of aromatic amines is 1. The van der Waals surface area contributed by atoms with E-state index in [0.717, 1.165) is 76.9 Å². The van der Waals surface area contributed by atoms with Gasteiger partial charge in [-0.25, -0.2) is 4.79 Å². The Bertz CT molecular complexity index is 2080. The van der Waals surface area contributed by atoms with Crippen LogP contribution in [0.15, 0.2) is 102 Å². The maximum Gasteiger partial charge on any atom is 0.326 e. The SMILES string of the molecule is O=C(O)CCCCC(=O)NCc1ccccc1-c1ccc(C2OC(CN3CCC(n4c(=O)[nH]c5ccccc54)CC3)CC(c3ccc(CO)cc3)O2)cc1. The summed E-state index contributed by atoms with van der Waals surface area (Å²) >= 11 is 0. The Morgan fingerprint density at radius 1 is 0.833 bits per heavy atom. The van der Waals surface area contributed by atoms with E-state index in [9.17, 15) is 19.5 Å². The lowest BCUT2D eigenvalue weighted by atomic mass is 9.97. The van der Waals surface area contributed by atoms with Crippen molar-refractivity contribution in [1.82, 2.24) is 19.8 Å². The molecule has 7 rings (SSSR count). The largest absolute Gasteiger partial charge is 0.481 e. The molecule has 3 unspecified atom stereocenters. The molecular formula is C43H48N4O7. The number of piperidine rings is 1. The Hall–Kier alpha value is -5.07. The van der Waals surface area contributed by atoms with Crippen molar-refractivity contribution in [3.8, 4) is 11.1 Å². The van der Waals surface area contributed by atoms with Crippen LogP contribution in [0.5, 0.6) is 0 Å². The Balaban J connectivity index is 1.02. The van der Waals surface area contributed by atoms with Gasteiger partial charge in [0.15, 0.2) is 6.29 Å². The number of H-pyrrole nitrogens is 1. The number of aliphatic carboxylic acids is 1. The number of carbonyl (C=O) groups excluding carboxylic acids is 1. The monoisotopic (exact) mass is 732 g/mol. The van der Waals surface area contributed by atoms with E-state index >= 15 is 0 Å². The molecule has 0 spiro atoms. The third kappa shape index (κ3) is 8.99. The smallest absolute Gasteiger partial charge is 0.326 e. The molecule has 0 radical (unpaired) electrons. The van der Waals surface area contributed by atoms with Gasteiger partial charge in [0.05, 0.1) is 29.8 Å². The van der Waals surface area contributed by atoms with Gasteiger partial charge in [-0.2, -0.15) is 0 Å². The van der Waals surface area contributed by atoms with Crippen LogP contribution in [0.25, 0.3) is 22.2 Å². The van der Waals surface area contributed by atoms with Crippen LogP contribution in [-0.4, -0.2) is 62.3 Å². The number of likely N-dealkylation sites (tertiary alicyclic amines) is 1. The van der Waals surface area contributed by atoms with Gasteiger partial charge in [-0.05, 0) is 65.6 Å². The quantitative estimate of drug-likeness (QED) is 0.0931. The van der Waals surface area contributed by atoms with Crippen molar-refractivity contribution in [2.75, 3.05) is 19.6 Å². The van der Waals surface area contributed by atoms with Crippen molar-refractivity contribution in [3.05, 3.63) is 130 Å². The number of benzene rings is 4. The van der Waals surface area contributed by atoms with Crippen LogP contribution in [0.4, 0.5) is 0 Å². The Kier molecular flexibility index (Phi) is 12.0. The topological polar surface area (TPSA) is 146 Å². The van der Waals surface area contributed by atoms with E-state index in [1.54, 1.807) is 0 Å². The van der Waals surface area contributed by atoms with E-state index in [4.69, 9.17) is 14.6 Å². The zero-order chi connectivity index (χ0) is 37.4. The molecule has 282 valence electrons. The van der Waals surface area contributed by atoms with Gasteiger partial charge in [0.1, 0.15) is 0 Å². The Morgan fingerprint density at radius 2 is 1.54 bits per heavy atom. The molecule has 3 atom stereocenters. The zero-order valence-electron chi connectivity index (χ0n) is 30.4. The van der Waals surface area contributed by atoms with Crippen molar-refractivity contribution in [2.45, 2.75) is 82.6 Å². The number of aromatic nitrogens is 2. The van der Waals surface area contributed by atoms with Crippen LogP contribution in [0, 0.1) is 0 Å². The van der Waals surface area contributed by atoms with Crippen molar-refractivity contribution in [3.63, 3.8) is 0 Å². The molecule has 4 N–H and O–H groups in total. The predicted molar refractivity (Wildman–Crippen MR) is 206 cm³/mol. The van der Waals surface area contributed by atoms with Gasteiger partial charge < -0.3 is 34.9 Å². The van der Waals surface area contributed by atoms with Crippen LogP contribution in [0.2, 0.25) is 0 Å².